The highest BCUT2D eigenvalue weighted by molar-refractivity contribution is 7.20. The average Bonchev–Trinajstić information content (AvgIpc) is 1.69. The Morgan fingerprint density at radius 3 is 1.10 bits per heavy atom. The molecule has 17 aromatic rings. The van der Waals surface area contributed by atoms with E-state index in [9.17, 15) is 0 Å². The standard InChI is InChI=1S/C81H56N6Si2/c1-8-30-58(31-9-1)85-74-50-27-24-47-70(74)77-76(85)54-52-69-67-45-22-26-49-73(67)87(78(69)77)81-83-79(57-29-28-44-65(55-57)88(59-32-10-2-11-33-59,60-34-12-3-13-35-60)61-36-14-4-15-37-61)82-80(84-81)86-72-48-25-23-46-68(72)71-56-66(51-53-75(71)86)89(62-38-16-5-17-39-62,63-40-18-6-19-41-63)64-42-20-7-21-43-64/h1-56H. The van der Waals surface area contributed by atoms with Crippen molar-refractivity contribution in [3.8, 4) is 29.0 Å². The SMILES string of the molecule is c1ccc(-n2c3ccccc3c3c2ccc2c4ccccc4n(-c4nc(-c5cccc([Si](c6ccccc6)(c6ccccc6)c6ccccc6)c5)nc(-n5c6ccccc6c6cc([Si](c7ccccc7)(c7ccccc7)c7ccccc7)ccc65)n4)c23)cc1. The zero-order valence-electron chi connectivity index (χ0n) is 48.5. The summed E-state index contributed by atoms with van der Waals surface area (Å²) in [4.78, 5) is 17.4. The van der Waals surface area contributed by atoms with Crippen LogP contribution in [0.25, 0.3) is 94.4 Å². The predicted octanol–water partition coefficient (Wildman–Crippen LogP) is 13.6. The molecule has 6 nitrogen and oxygen atoms in total. The molecule has 0 bridgehead atoms. The van der Waals surface area contributed by atoms with Crippen molar-refractivity contribution in [2.75, 3.05) is 0 Å². The van der Waals surface area contributed by atoms with Gasteiger partial charge in [0.05, 0.1) is 33.1 Å². The summed E-state index contributed by atoms with van der Waals surface area (Å²) >= 11 is 0. The molecule has 0 radical (unpaired) electrons. The lowest BCUT2D eigenvalue weighted by Gasteiger charge is -2.34. The van der Waals surface area contributed by atoms with Crippen molar-refractivity contribution in [3.63, 3.8) is 0 Å². The molecule has 8 heteroatoms. The van der Waals surface area contributed by atoms with Crippen molar-refractivity contribution in [2.45, 2.75) is 0 Å². The second-order valence-electron chi connectivity index (χ2n) is 23.0. The van der Waals surface area contributed by atoms with E-state index in [0.717, 1.165) is 76.7 Å². The third-order valence-corrected chi connectivity index (χ3v) is 27.9. The Morgan fingerprint density at radius 1 is 0.225 bits per heavy atom. The van der Waals surface area contributed by atoms with Crippen LogP contribution in [-0.2, 0) is 0 Å². The molecule has 0 aliphatic heterocycles. The predicted molar refractivity (Wildman–Crippen MR) is 376 cm³/mol. The third kappa shape index (κ3) is 8.11. The molecule has 418 valence electrons. The smallest absolute Gasteiger partial charge is 0.240 e. The second kappa shape index (κ2) is 21.3. The van der Waals surface area contributed by atoms with E-state index in [1.165, 1.54) is 41.5 Å². The van der Waals surface area contributed by atoms with Crippen LogP contribution in [0.5, 0.6) is 0 Å². The maximum Gasteiger partial charge on any atom is 0.240 e. The van der Waals surface area contributed by atoms with Crippen LogP contribution in [0.3, 0.4) is 0 Å². The third-order valence-electron chi connectivity index (χ3n) is 18.4. The van der Waals surface area contributed by atoms with Gasteiger partial charge in [0.25, 0.3) is 0 Å². The number of para-hydroxylation sites is 4. The lowest BCUT2D eigenvalue weighted by atomic mass is 10.1. The van der Waals surface area contributed by atoms with Gasteiger partial charge in [0.15, 0.2) is 22.0 Å². The van der Waals surface area contributed by atoms with E-state index >= 15 is 0 Å². The quantitative estimate of drug-likeness (QED) is 0.0905. The summed E-state index contributed by atoms with van der Waals surface area (Å²) in [5, 5.41) is 17.1. The molecular formula is C81H56N6Si2. The molecule has 0 amide bonds. The molecule has 0 spiro atoms. The number of hydrogen-bond donors (Lipinski definition) is 0. The molecule has 0 saturated heterocycles. The molecule has 0 saturated carbocycles. The minimum absolute atomic E-state index is 0.523. The van der Waals surface area contributed by atoms with Gasteiger partial charge in [-0.05, 0) is 84.0 Å². The fourth-order valence-corrected chi connectivity index (χ4v) is 24.3. The molecule has 4 aromatic heterocycles. The Hall–Kier alpha value is -11.3. The molecule has 13 aromatic carbocycles. The molecule has 89 heavy (non-hydrogen) atoms. The van der Waals surface area contributed by atoms with E-state index in [1.54, 1.807) is 0 Å². The highest BCUT2D eigenvalue weighted by Gasteiger charge is 2.43. The van der Waals surface area contributed by atoms with Crippen molar-refractivity contribution in [1.29, 1.82) is 0 Å². The van der Waals surface area contributed by atoms with E-state index in [4.69, 9.17) is 15.0 Å². The Morgan fingerprint density at radius 2 is 0.596 bits per heavy atom. The average molecular weight is 1170 g/mol. The maximum absolute atomic E-state index is 5.84. The largest absolute Gasteiger partial charge is 0.309 e. The van der Waals surface area contributed by atoms with Gasteiger partial charge in [-0.1, -0.05) is 297 Å². The first-order chi connectivity index (χ1) is 44.2. The zero-order valence-corrected chi connectivity index (χ0v) is 50.5. The van der Waals surface area contributed by atoms with E-state index in [1.807, 2.05) is 0 Å². The van der Waals surface area contributed by atoms with Gasteiger partial charge in [-0.3, -0.25) is 9.13 Å². The Balaban J connectivity index is 0.978. The van der Waals surface area contributed by atoms with Crippen LogP contribution in [0.1, 0.15) is 0 Å². The summed E-state index contributed by atoms with van der Waals surface area (Å²) < 4.78 is 6.99. The zero-order chi connectivity index (χ0) is 58.9. The van der Waals surface area contributed by atoms with Gasteiger partial charge >= 0.3 is 0 Å². The van der Waals surface area contributed by atoms with E-state index < -0.39 is 16.1 Å². The molecule has 0 fully saturated rings. The van der Waals surface area contributed by atoms with Crippen LogP contribution >= 0.6 is 0 Å². The van der Waals surface area contributed by atoms with Crippen LogP contribution in [0.2, 0.25) is 0 Å². The lowest BCUT2D eigenvalue weighted by Crippen LogP contribution is -2.74. The first-order valence-corrected chi connectivity index (χ1v) is 34.4. The normalized spacial score (nSPS) is 12.0. The van der Waals surface area contributed by atoms with Gasteiger partial charge in [-0.25, -0.2) is 0 Å². The van der Waals surface area contributed by atoms with Gasteiger partial charge < -0.3 is 4.57 Å². The Labute approximate surface area is 517 Å². The Kier molecular flexibility index (Phi) is 12.5. The highest BCUT2D eigenvalue weighted by atomic mass is 28.3. The van der Waals surface area contributed by atoms with Crippen LogP contribution in [0.15, 0.2) is 340 Å². The van der Waals surface area contributed by atoms with Crippen molar-refractivity contribution in [2.24, 2.45) is 0 Å². The fraction of sp³-hybridized carbons (Fsp3) is 0. The van der Waals surface area contributed by atoms with Gasteiger partial charge in [0.1, 0.15) is 0 Å². The molecule has 0 aliphatic rings. The molecular weight excluding hydrogens is 1110 g/mol. The van der Waals surface area contributed by atoms with Crippen molar-refractivity contribution in [3.05, 3.63) is 340 Å². The molecule has 17 rings (SSSR count). The van der Waals surface area contributed by atoms with Gasteiger partial charge in [-0.15, -0.1) is 0 Å². The number of hydrogen-bond acceptors (Lipinski definition) is 3. The van der Waals surface area contributed by atoms with Crippen LogP contribution in [0.4, 0.5) is 0 Å². The second-order valence-corrected chi connectivity index (χ2v) is 30.6. The first-order valence-electron chi connectivity index (χ1n) is 30.4. The summed E-state index contributed by atoms with van der Waals surface area (Å²) in [6, 6.07) is 125. The van der Waals surface area contributed by atoms with Crippen molar-refractivity contribution < 1.29 is 0 Å². The van der Waals surface area contributed by atoms with Crippen LogP contribution in [-0.4, -0.2) is 44.8 Å². The minimum atomic E-state index is -3.00. The topological polar surface area (TPSA) is 53.5 Å². The van der Waals surface area contributed by atoms with Crippen LogP contribution < -0.4 is 41.5 Å². The minimum Gasteiger partial charge on any atom is -0.309 e. The highest BCUT2D eigenvalue weighted by Crippen LogP contribution is 2.42. The summed E-state index contributed by atoms with van der Waals surface area (Å²) in [5.74, 6) is 1.61. The maximum atomic E-state index is 5.84. The van der Waals surface area contributed by atoms with Gasteiger partial charge in [-0.2, -0.15) is 15.0 Å². The fourth-order valence-electron chi connectivity index (χ4n) is 14.7. The summed E-state index contributed by atoms with van der Waals surface area (Å²) in [5.41, 5.74) is 8.25. The van der Waals surface area contributed by atoms with E-state index in [0.29, 0.717) is 17.7 Å². The summed E-state index contributed by atoms with van der Waals surface area (Å²) in [6.07, 6.45) is 0. The molecule has 0 aliphatic carbocycles. The van der Waals surface area contributed by atoms with E-state index in [-0.39, 0.29) is 0 Å². The summed E-state index contributed by atoms with van der Waals surface area (Å²) in [7, 11) is -5.94. The molecule has 4 heterocycles. The number of nitrogens with zero attached hydrogens (tertiary/aromatic N) is 6. The monoisotopic (exact) mass is 1170 g/mol. The van der Waals surface area contributed by atoms with E-state index in [2.05, 4.69) is 353 Å². The lowest BCUT2D eigenvalue weighted by molar-refractivity contribution is 0.894. The molecule has 0 N–H and O–H groups in total. The molecule has 0 unspecified atom stereocenters. The number of aromatic nitrogens is 6. The summed E-state index contributed by atoms with van der Waals surface area (Å²) in [6.45, 7) is 0. The van der Waals surface area contributed by atoms with Gasteiger partial charge in [0.2, 0.25) is 11.9 Å². The first kappa shape index (κ1) is 52.1. The molecule has 0 atom stereocenters. The number of benzene rings is 13. The van der Waals surface area contributed by atoms with Crippen molar-refractivity contribution >= 4 is 123 Å². The number of rotatable bonds is 12. The number of fused-ring (bicyclic) bond motifs is 10. The van der Waals surface area contributed by atoms with Gasteiger partial charge in [0, 0.05) is 43.6 Å². The van der Waals surface area contributed by atoms with Crippen molar-refractivity contribution in [1.82, 2.24) is 28.7 Å². The van der Waals surface area contributed by atoms with Crippen LogP contribution in [0, 0.1) is 0 Å². The Bertz CT molecular complexity index is 5290.